The molecule has 4 rings (SSSR count). The second-order valence-electron chi connectivity index (χ2n) is 7.95. The molecule has 0 saturated heterocycles. The molecule has 3 aromatic carbocycles. The number of fused-ring (bicyclic) bond motifs is 1. The molecule has 0 radical (unpaired) electrons. The van der Waals surface area contributed by atoms with E-state index in [1.807, 2.05) is 13.0 Å². The summed E-state index contributed by atoms with van der Waals surface area (Å²) in [7, 11) is 3.00. The third-order valence-electron chi connectivity index (χ3n) is 5.55. The van der Waals surface area contributed by atoms with Gasteiger partial charge in [-0.1, -0.05) is 35.0 Å². The minimum absolute atomic E-state index is 0.106. The van der Waals surface area contributed by atoms with Gasteiger partial charge in [-0.2, -0.15) is 9.78 Å². The van der Waals surface area contributed by atoms with Crippen LogP contribution in [0.2, 0.25) is 0 Å². The molecule has 0 unspecified atom stereocenters. The molecule has 10 heteroatoms. The number of ether oxygens (including phenoxy) is 3. The van der Waals surface area contributed by atoms with E-state index in [0.717, 1.165) is 4.47 Å². The number of hydrogen-bond acceptors (Lipinski definition) is 7. The van der Waals surface area contributed by atoms with Crippen molar-refractivity contribution in [3.8, 4) is 17.2 Å². The number of carbonyl (C=O) groups is 1. The average molecular weight is 566 g/mol. The van der Waals surface area contributed by atoms with Crippen LogP contribution in [0.4, 0.5) is 0 Å². The molecule has 9 nitrogen and oxygen atoms in total. The van der Waals surface area contributed by atoms with E-state index < -0.39 is 5.97 Å². The van der Waals surface area contributed by atoms with Gasteiger partial charge >= 0.3 is 5.97 Å². The highest BCUT2D eigenvalue weighted by Crippen LogP contribution is 2.38. The van der Waals surface area contributed by atoms with Crippen molar-refractivity contribution in [3.05, 3.63) is 91.9 Å². The number of halogens is 1. The summed E-state index contributed by atoms with van der Waals surface area (Å²) >= 11 is 3.40. The molecule has 0 atom stereocenters. The summed E-state index contributed by atoms with van der Waals surface area (Å²) in [5.41, 5.74) is 1.79. The van der Waals surface area contributed by atoms with Crippen LogP contribution >= 0.6 is 15.9 Å². The number of aryl methyl sites for hydroxylation is 1. The summed E-state index contributed by atoms with van der Waals surface area (Å²) in [4.78, 5) is 29.0. The SMILES string of the molecule is CCc1nc2ccc(Br)cc2c(=O)n1N=Cc1cc(OC)c(OCc2cccc(C(=O)O)c2)c(OC)c1. The predicted molar refractivity (Wildman–Crippen MR) is 143 cm³/mol. The number of aromatic carboxylic acids is 1. The summed E-state index contributed by atoms with van der Waals surface area (Å²) in [5.74, 6) is 0.642. The molecule has 4 aromatic rings. The van der Waals surface area contributed by atoms with Gasteiger partial charge in [0.25, 0.3) is 5.56 Å². The summed E-state index contributed by atoms with van der Waals surface area (Å²) < 4.78 is 19.1. The van der Waals surface area contributed by atoms with Crippen LogP contribution in [0, 0.1) is 0 Å². The molecular formula is C27H24BrN3O6. The van der Waals surface area contributed by atoms with E-state index in [2.05, 4.69) is 26.0 Å². The first-order chi connectivity index (χ1) is 17.8. The van der Waals surface area contributed by atoms with Crippen molar-refractivity contribution >= 4 is 39.0 Å². The van der Waals surface area contributed by atoms with Gasteiger partial charge in [0, 0.05) is 16.5 Å². The van der Waals surface area contributed by atoms with Gasteiger partial charge in [-0.05, 0) is 48.0 Å². The normalized spacial score (nSPS) is 11.1. The number of methoxy groups -OCH3 is 2. The van der Waals surface area contributed by atoms with Crippen LogP contribution < -0.4 is 19.8 Å². The van der Waals surface area contributed by atoms with Gasteiger partial charge in [0.2, 0.25) is 5.75 Å². The van der Waals surface area contributed by atoms with Crippen molar-refractivity contribution in [2.24, 2.45) is 5.10 Å². The van der Waals surface area contributed by atoms with E-state index in [0.29, 0.717) is 51.5 Å². The average Bonchev–Trinajstić information content (AvgIpc) is 2.91. The molecule has 0 spiro atoms. The van der Waals surface area contributed by atoms with Gasteiger partial charge in [-0.25, -0.2) is 9.78 Å². The monoisotopic (exact) mass is 565 g/mol. The highest BCUT2D eigenvalue weighted by Gasteiger charge is 2.15. The molecule has 0 bridgehead atoms. The van der Waals surface area contributed by atoms with Crippen molar-refractivity contribution in [1.29, 1.82) is 0 Å². The maximum absolute atomic E-state index is 13.2. The molecule has 1 aromatic heterocycles. The zero-order chi connectivity index (χ0) is 26.5. The lowest BCUT2D eigenvalue weighted by Crippen LogP contribution is -2.22. The van der Waals surface area contributed by atoms with E-state index in [1.54, 1.807) is 42.5 Å². The van der Waals surface area contributed by atoms with Gasteiger partial charge in [-0.15, -0.1) is 0 Å². The Bertz CT molecular complexity index is 1540. The summed E-state index contributed by atoms with van der Waals surface area (Å²) in [6.45, 7) is 2.01. The van der Waals surface area contributed by atoms with Gasteiger partial charge in [0.1, 0.15) is 12.4 Å². The minimum atomic E-state index is -1.01. The lowest BCUT2D eigenvalue weighted by Gasteiger charge is -2.15. The molecule has 37 heavy (non-hydrogen) atoms. The van der Waals surface area contributed by atoms with Crippen molar-refractivity contribution in [3.63, 3.8) is 0 Å². The molecule has 0 aliphatic heterocycles. The zero-order valence-corrected chi connectivity index (χ0v) is 22.0. The van der Waals surface area contributed by atoms with Crippen molar-refractivity contribution in [2.45, 2.75) is 20.0 Å². The van der Waals surface area contributed by atoms with Crippen molar-refractivity contribution in [1.82, 2.24) is 9.66 Å². The Hall–Kier alpha value is -4.18. The summed E-state index contributed by atoms with van der Waals surface area (Å²) in [6.07, 6.45) is 2.04. The van der Waals surface area contributed by atoms with E-state index >= 15 is 0 Å². The number of aromatic nitrogens is 2. The first-order valence-corrected chi connectivity index (χ1v) is 12.1. The number of hydrogen-bond donors (Lipinski definition) is 1. The third kappa shape index (κ3) is 5.64. The number of carboxylic acid groups (broad SMARTS) is 1. The quantitative estimate of drug-likeness (QED) is 0.287. The van der Waals surface area contributed by atoms with Gasteiger partial charge in [0.15, 0.2) is 11.5 Å². The second kappa shape index (κ2) is 11.3. The van der Waals surface area contributed by atoms with E-state index in [9.17, 15) is 14.7 Å². The maximum atomic E-state index is 13.2. The van der Waals surface area contributed by atoms with Crippen LogP contribution in [-0.2, 0) is 13.0 Å². The fraction of sp³-hybridized carbons (Fsp3) is 0.185. The van der Waals surface area contributed by atoms with Crippen LogP contribution in [0.5, 0.6) is 17.2 Å². The van der Waals surface area contributed by atoms with Gasteiger partial charge in [-0.3, -0.25) is 4.79 Å². The number of rotatable bonds is 9. The topological polar surface area (TPSA) is 112 Å². The Kier molecular flexibility index (Phi) is 7.88. The smallest absolute Gasteiger partial charge is 0.335 e. The van der Waals surface area contributed by atoms with E-state index in [4.69, 9.17) is 14.2 Å². The fourth-order valence-electron chi connectivity index (χ4n) is 3.73. The van der Waals surface area contributed by atoms with Gasteiger partial charge in [0.05, 0.1) is 36.9 Å². The first kappa shape index (κ1) is 25.9. The highest BCUT2D eigenvalue weighted by molar-refractivity contribution is 9.10. The van der Waals surface area contributed by atoms with Crippen LogP contribution in [0.25, 0.3) is 10.9 Å². The molecule has 0 fully saturated rings. The summed E-state index contributed by atoms with van der Waals surface area (Å²) in [5, 5.41) is 14.1. The number of nitrogens with zero attached hydrogens (tertiary/aromatic N) is 3. The molecule has 0 aliphatic carbocycles. The highest BCUT2D eigenvalue weighted by atomic mass is 79.9. The Morgan fingerprint density at radius 2 is 1.84 bits per heavy atom. The van der Waals surface area contributed by atoms with Crippen LogP contribution in [0.3, 0.4) is 0 Å². The molecule has 1 N–H and O–H groups in total. The number of carboxylic acids is 1. The lowest BCUT2D eigenvalue weighted by atomic mass is 10.1. The van der Waals surface area contributed by atoms with Crippen molar-refractivity contribution < 1.29 is 24.1 Å². The standard InChI is InChI=1S/C27H24BrN3O6/c1-4-24-30-21-9-8-19(28)13-20(21)26(32)31(24)29-14-17-11-22(35-2)25(23(12-17)36-3)37-15-16-6-5-7-18(10-16)27(33)34/h5-14H,4,15H2,1-3H3,(H,33,34). The largest absolute Gasteiger partial charge is 0.493 e. The molecule has 0 amide bonds. The maximum Gasteiger partial charge on any atom is 0.335 e. The second-order valence-corrected chi connectivity index (χ2v) is 8.87. The van der Waals surface area contributed by atoms with Crippen LogP contribution in [0.1, 0.15) is 34.2 Å². The molecule has 190 valence electrons. The van der Waals surface area contributed by atoms with E-state index in [-0.39, 0.29) is 17.7 Å². The van der Waals surface area contributed by atoms with Crippen LogP contribution in [-0.4, -0.2) is 41.2 Å². The molecular weight excluding hydrogens is 542 g/mol. The zero-order valence-electron chi connectivity index (χ0n) is 20.4. The molecule has 1 heterocycles. The van der Waals surface area contributed by atoms with Crippen molar-refractivity contribution in [2.75, 3.05) is 14.2 Å². The molecule has 0 aliphatic rings. The Morgan fingerprint density at radius 3 is 2.49 bits per heavy atom. The number of benzene rings is 3. The summed E-state index contributed by atoms with van der Waals surface area (Å²) in [6, 6.07) is 15.2. The van der Waals surface area contributed by atoms with E-state index in [1.165, 1.54) is 31.2 Å². The van der Waals surface area contributed by atoms with Gasteiger partial charge < -0.3 is 19.3 Å². The lowest BCUT2D eigenvalue weighted by molar-refractivity contribution is 0.0696. The first-order valence-electron chi connectivity index (χ1n) is 11.3. The minimum Gasteiger partial charge on any atom is -0.493 e. The third-order valence-corrected chi connectivity index (χ3v) is 6.05. The Balaban J connectivity index is 1.67. The fourth-order valence-corrected chi connectivity index (χ4v) is 4.09. The Morgan fingerprint density at radius 1 is 1.11 bits per heavy atom. The molecule has 0 saturated carbocycles. The Labute approximate surface area is 221 Å². The van der Waals surface area contributed by atoms with Crippen LogP contribution in [0.15, 0.2) is 69.0 Å². The predicted octanol–water partition coefficient (Wildman–Crippen LogP) is 4.90.